The number of methoxy groups -OCH3 is 1. The number of benzene rings is 1. The lowest BCUT2D eigenvalue weighted by molar-refractivity contribution is 0.146. The van der Waals surface area contributed by atoms with Crippen molar-refractivity contribution in [3.05, 3.63) is 29.8 Å². The average Bonchev–Trinajstić information content (AvgIpc) is 2.40. The minimum Gasteiger partial charge on any atom is -0.497 e. The molecule has 0 aliphatic heterocycles. The van der Waals surface area contributed by atoms with Gasteiger partial charge >= 0.3 is 0 Å². The molecule has 0 spiro atoms. The Hall–Kier alpha value is -1.06. The van der Waals surface area contributed by atoms with Crippen molar-refractivity contribution in [1.29, 1.82) is 0 Å². The van der Waals surface area contributed by atoms with Crippen LogP contribution in [-0.4, -0.2) is 31.1 Å². The van der Waals surface area contributed by atoms with E-state index in [1.165, 1.54) is 5.56 Å². The molecule has 0 saturated heterocycles. The number of hydrogen-bond donors (Lipinski definition) is 1. The van der Waals surface area contributed by atoms with Gasteiger partial charge in [0.25, 0.3) is 0 Å². The Morgan fingerprint density at radius 3 is 2.37 bits per heavy atom. The lowest BCUT2D eigenvalue weighted by Crippen LogP contribution is -2.42. The quantitative estimate of drug-likeness (QED) is 0.822. The van der Waals surface area contributed by atoms with Crippen molar-refractivity contribution >= 4 is 0 Å². The van der Waals surface area contributed by atoms with Crippen LogP contribution in [0, 0.1) is 0 Å². The zero-order valence-electron chi connectivity index (χ0n) is 12.9. The molecule has 1 rings (SSSR count). The van der Waals surface area contributed by atoms with Crippen LogP contribution < -0.4 is 10.5 Å². The van der Waals surface area contributed by atoms with Crippen LogP contribution in [-0.2, 0) is 0 Å². The summed E-state index contributed by atoms with van der Waals surface area (Å²) in [6.07, 6.45) is 2.28. The van der Waals surface area contributed by atoms with Crippen LogP contribution in [0.15, 0.2) is 24.3 Å². The molecule has 0 aliphatic carbocycles. The monoisotopic (exact) mass is 264 g/mol. The van der Waals surface area contributed by atoms with E-state index in [9.17, 15) is 0 Å². The molecule has 0 aliphatic rings. The standard InChI is InChI=1S/C16H28N2O/c1-6-14(7-2)18(4)16(12(3)17)13-9-8-10-15(11-13)19-5/h8-12,14,16H,6-7,17H2,1-5H3. The van der Waals surface area contributed by atoms with E-state index in [-0.39, 0.29) is 12.1 Å². The summed E-state index contributed by atoms with van der Waals surface area (Å²) in [6.45, 7) is 6.53. The van der Waals surface area contributed by atoms with Gasteiger partial charge in [0.05, 0.1) is 7.11 Å². The molecular weight excluding hydrogens is 236 g/mol. The number of nitrogens with zero attached hydrogens (tertiary/aromatic N) is 1. The van der Waals surface area contributed by atoms with E-state index >= 15 is 0 Å². The second kappa shape index (κ2) is 7.51. The summed E-state index contributed by atoms with van der Waals surface area (Å²) in [5.74, 6) is 0.890. The zero-order chi connectivity index (χ0) is 14.4. The van der Waals surface area contributed by atoms with Crippen molar-refractivity contribution in [3.8, 4) is 5.75 Å². The van der Waals surface area contributed by atoms with E-state index in [0.717, 1.165) is 18.6 Å². The molecule has 0 heterocycles. The van der Waals surface area contributed by atoms with Crippen LogP contribution in [0.2, 0.25) is 0 Å². The SMILES string of the molecule is CCC(CC)N(C)C(c1cccc(OC)c1)C(C)N. The van der Waals surface area contributed by atoms with Gasteiger partial charge in [0.15, 0.2) is 0 Å². The molecule has 0 fully saturated rings. The van der Waals surface area contributed by atoms with Crippen LogP contribution in [0.5, 0.6) is 5.75 Å². The second-order valence-corrected chi connectivity index (χ2v) is 5.22. The fourth-order valence-corrected chi connectivity index (χ4v) is 2.83. The third-order valence-electron chi connectivity index (χ3n) is 3.89. The van der Waals surface area contributed by atoms with Crippen LogP contribution in [0.4, 0.5) is 0 Å². The first-order valence-electron chi connectivity index (χ1n) is 7.16. The van der Waals surface area contributed by atoms with Crippen molar-refractivity contribution in [2.45, 2.75) is 51.7 Å². The Morgan fingerprint density at radius 1 is 1.26 bits per heavy atom. The molecule has 2 atom stereocenters. The summed E-state index contributed by atoms with van der Waals surface area (Å²) >= 11 is 0. The van der Waals surface area contributed by atoms with Gasteiger partial charge in [-0.2, -0.15) is 0 Å². The maximum Gasteiger partial charge on any atom is 0.119 e. The summed E-state index contributed by atoms with van der Waals surface area (Å²) in [6, 6.07) is 9.09. The normalized spacial score (nSPS) is 14.7. The van der Waals surface area contributed by atoms with Gasteiger partial charge in [0.1, 0.15) is 5.75 Å². The Labute approximate surface area is 117 Å². The maximum atomic E-state index is 6.23. The molecule has 0 radical (unpaired) electrons. The highest BCUT2D eigenvalue weighted by Crippen LogP contribution is 2.28. The van der Waals surface area contributed by atoms with Crippen LogP contribution in [0.1, 0.15) is 45.2 Å². The molecule has 2 unspecified atom stereocenters. The number of hydrogen-bond acceptors (Lipinski definition) is 3. The summed E-state index contributed by atoms with van der Waals surface area (Å²) in [5.41, 5.74) is 7.45. The van der Waals surface area contributed by atoms with E-state index in [1.54, 1.807) is 7.11 Å². The molecule has 19 heavy (non-hydrogen) atoms. The van der Waals surface area contributed by atoms with Crippen molar-refractivity contribution < 1.29 is 4.74 Å². The van der Waals surface area contributed by atoms with Gasteiger partial charge < -0.3 is 10.5 Å². The molecule has 3 nitrogen and oxygen atoms in total. The predicted molar refractivity (Wildman–Crippen MR) is 81.5 cm³/mol. The molecule has 0 aromatic heterocycles. The smallest absolute Gasteiger partial charge is 0.119 e. The molecule has 0 saturated carbocycles. The Balaban J connectivity index is 3.05. The van der Waals surface area contributed by atoms with E-state index in [2.05, 4.69) is 44.9 Å². The molecular formula is C16H28N2O. The second-order valence-electron chi connectivity index (χ2n) is 5.22. The zero-order valence-corrected chi connectivity index (χ0v) is 12.9. The molecule has 0 bridgehead atoms. The summed E-state index contributed by atoms with van der Waals surface area (Å²) in [5, 5.41) is 0. The van der Waals surface area contributed by atoms with Gasteiger partial charge in [-0.3, -0.25) is 4.90 Å². The molecule has 108 valence electrons. The highest BCUT2D eigenvalue weighted by atomic mass is 16.5. The van der Waals surface area contributed by atoms with E-state index in [0.29, 0.717) is 6.04 Å². The van der Waals surface area contributed by atoms with Crippen molar-refractivity contribution in [2.24, 2.45) is 5.73 Å². The minimum atomic E-state index is 0.0812. The van der Waals surface area contributed by atoms with Crippen LogP contribution in [0.25, 0.3) is 0 Å². The number of likely N-dealkylation sites (N-methyl/N-ethyl adjacent to an activating group) is 1. The van der Waals surface area contributed by atoms with Gasteiger partial charge in [-0.15, -0.1) is 0 Å². The summed E-state index contributed by atoms with van der Waals surface area (Å²) < 4.78 is 5.32. The van der Waals surface area contributed by atoms with Crippen molar-refractivity contribution in [3.63, 3.8) is 0 Å². The largest absolute Gasteiger partial charge is 0.497 e. The average molecular weight is 264 g/mol. The molecule has 1 aromatic carbocycles. The third-order valence-corrected chi connectivity index (χ3v) is 3.89. The highest BCUT2D eigenvalue weighted by molar-refractivity contribution is 5.31. The van der Waals surface area contributed by atoms with Gasteiger partial charge in [-0.25, -0.2) is 0 Å². The maximum absolute atomic E-state index is 6.23. The van der Waals surface area contributed by atoms with Gasteiger partial charge in [-0.1, -0.05) is 26.0 Å². The Bertz CT molecular complexity index is 375. The highest BCUT2D eigenvalue weighted by Gasteiger charge is 2.25. The predicted octanol–water partition coefficient (Wildman–Crippen LogP) is 3.20. The lowest BCUT2D eigenvalue weighted by atomic mass is 9.96. The van der Waals surface area contributed by atoms with Gasteiger partial charge in [0, 0.05) is 18.1 Å². The van der Waals surface area contributed by atoms with Crippen molar-refractivity contribution in [2.75, 3.05) is 14.2 Å². The number of ether oxygens (including phenoxy) is 1. The Morgan fingerprint density at radius 2 is 1.89 bits per heavy atom. The number of nitrogens with two attached hydrogens (primary N) is 1. The fourth-order valence-electron chi connectivity index (χ4n) is 2.83. The fraction of sp³-hybridized carbons (Fsp3) is 0.625. The van der Waals surface area contributed by atoms with Crippen LogP contribution >= 0.6 is 0 Å². The molecule has 1 aromatic rings. The van der Waals surface area contributed by atoms with Gasteiger partial charge in [0.2, 0.25) is 0 Å². The minimum absolute atomic E-state index is 0.0812. The van der Waals surface area contributed by atoms with Gasteiger partial charge in [-0.05, 0) is 44.5 Å². The van der Waals surface area contributed by atoms with Crippen LogP contribution in [0.3, 0.4) is 0 Å². The first-order valence-corrected chi connectivity index (χ1v) is 7.16. The number of rotatable bonds is 7. The van der Waals surface area contributed by atoms with E-state index < -0.39 is 0 Å². The summed E-state index contributed by atoms with van der Waals surface area (Å²) in [4.78, 5) is 2.40. The molecule has 2 N–H and O–H groups in total. The van der Waals surface area contributed by atoms with E-state index in [1.807, 2.05) is 12.1 Å². The first-order chi connectivity index (χ1) is 9.04. The molecule has 3 heteroatoms. The summed E-state index contributed by atoms with van der Waals surface area (Å²) in [7, 11) is 3.87. The molecule has 0 amide bonds. The topological polar surface area (TPSA) is 38.5 Å². The Kier molecular flexibility index (Phi) is 6.32. The third kappa shape index (κ3) is 3.95. The first kappa shape index (κ1) is 16.0. The lowest BCUT2D eigenvalue weighted by Gasteiger charge is -2.37. The van der Waals surface area contributed by atoms with E-state index in [4.69, 9.17) is 10.5 Å². The van der Waals surface area contributed by atoms with Crippen molar-refractivity contribution in [1.82, 2.24) is 4.90 Å².